The zero-order valence-electron chi connectivity index (χ0n) is 13.7. The lowest BCUT2D eigenvalue weighted by molar-refractivity contribution is 0.415. The fourth-order valence-electron chi connectivity index (χ4n) is 2.88. The minimum Gasteiger partial charge on any atom is -0.497 e. The summed E-state index contributed by atoms with van der Waals surface area (Å²) < 4.78 is 5.33. The predicted octanol–water partition coefficient (Wildman–Crippen LogP) is 3.95. The maximum absolute atomic E-state index is 6.01. The first kappa shape index (κ1) is 15.1. The highest BCUT2D eigenvalue weighted by molar-refractivity contribution is 5.93. The van der Waals surface area contributed by atoms with Crippen molar-refractivity contribution in [1.82, 2.24) is 15.0 Å². The number of anilines is 1. The van der Waals surface area contributed by atoms with Gasteiger partial charge in [0.2, 0.25) is 0 Å². The van der Waals surface area contributed by atoms with Gasteiger partial charge in [-0.05, 0) is 35.9 Å². The van der Waals surface area contributed by atoms with Gasteiger partial charge >= 0.3 is 0 Å². The lowest BCUT2D eigenvalue weighted by Crippen LogP contribution is -1.94. The Labute approximate surface area is 145 Å². The van der Waals surface area contributed by atoms with E-state index < -0.39 is 0 Å². The number of aromatic nitrogens is 3. The van der Waals surface area contributed by atoms with Crippen LogP contribution in [0, 0.1) is 0 Å². The Morgan fingerprint density at radius 3 is 2.68 bits per heavy atom. The Hall–Kier alpha value is -3.47. The van der Waals surface area contributed by atoms with Crippen LogP contribution in [0.3, 0.4) is 0 Å². The van der Waals surface area contributed by atoms with Crippen LogP contribution in [-0.4, -0.2) is 22.1 Å². The molecule has 4 rings (SSSR count). The van der Waals surface area contributed by atoms with Crippen LogP contribution in [0.25, 0.3) is 33.3 Å². The summed E-state index contributed by atoms with van der Waals surface area (Å²) in [5.41, 5.74) is 10.7. The van der Waals surface area contributed by atoms with Crippen LogP contribution in [0.5, 0.6) is 5.75 Å². The highest BCUT2D eigenvalue weighted by Crippen LogP contribution is 2.33. The number of hydrogen-bond donors (Lipinski definition) is 1. The minimum atomic E-state index is 0.471. The number of rotatable bonds is 3. The molecule has 2 aromatic carbocycles. The van der Waals surface area contributed by atoms with E-state index in [9.17, 15) is 0 Å². The van der Waals surface area contributed by atoms with Gasteiger partial charge in [0.05, 0.1) is 18.3 Å². The molecule has 0 aliphatic heterocycles. The van der Waals surface area contributed by atoms with E-state index in [0.29, 0.717) is 5.82 Å². The average molecular weight is 328 g/mol. The minimum absolute atomic E-state index is 0.471. The Bertz CT molecular complexity index is 1060. The van der Waals surface area contributed by atoms with E-state index >= 15 is 0 Å². The normalized spacial score (nSPS) is 10.8. The quantitative estimate of drug-likeness (QED) is 0.616. The smallest absolute Gasteiger partial charge is 0.134 e. The molecule has 0 saturated heterocycles. The lowest BCUT2D eigenvalue weighted by Gasteiger charge is -2.11. The summed E-state index contributed by atoms with van der Waals surface area (Å²) in [6.07, 6.45) is 3.26. The van der Waals surface area contributed by atoms with Crippen molar-refractivity contribution in [2.75, 3.05) is 12.8 Å². The van der Waals surface area contributed by atoms with Crippen LogP contribution >= 0.6 is 0 Å². The summed E-state index contributed by atoms with van der Waals surface area (Å²) in [5.74, 6) is 1.27. The molecule has 0 fully saturated rings. The first-order chi connectivity index (χ1) is 12.3. The molecule has 0 unspecified atom stereocenters. The average Bonchev–Trinajstić information content (AvgIpc) is 2.68. The molecule has 5 nitrogen and oxygen atoms in total. The van der Waals surface area contributed by atoms with Crippen LogP contribution in [0.2, 0.25) is 0 Å². The maximum Gasteiger partial charge on any atom is 0.134 e. The van der Waals surface area contributed by atoms with Crippen LogP contribution in [0.15, 0.2) is 67.1 Å². The maximum atomic E-state index is 6.01. The second kappa shape index (κ2) is 6.20. The van der Waals surface area contributed by atoms with Crippen molar-refractivity contribution in [3.05, 3.63) is 67.1 Å². The lowest BCUT2D eigenvalue weighted by atomic mass is 9.98. The fraction of sp³-hybridized carbons (Fsp3) is 0.0500. The zero-order valence-corrected chi connectivity index (χ0v) is 13.7. The Morgan fingerprint density at radius 2 is 1.80 bits per heavy atom. The summed E-state index contributed by atoms with van der Waals surface area (Å²) in [4.78, 5) is 12.9. The van der Waals surface area contributed by atoms with Crippen LogP contribution < -0.4 is 10.5 Å². The molecule has 0 radical (unpaired) electrons. The van der Waals surface area contributed by atoms with Crippen molar-refractivity contribution < 1.29 is 4.74 Å². The second-order valence-electron chi connectivity index (χ2n) is 5.62. The number of benzene rings is 2. The number of pyridine rings is 1. The van der Waals surface area contributed by atoms with E-state index in [1.165, 1.54) is 6.33 Å². The number of nitrogens with zero attached hydrogens (tertiary/aromatic N) is 3. The summed E-state index contributed by atoms with van der Waals surface area (Å²) in [6, 6.07) is 17.8. The van der Waals surface area contributed by atoms with Crippen molar-refractivity contribution in [2.24, 2.45) is 0 Å². The van der Waals surface area contributed by atoms with Gasteiger partial charge in [-0.25, -0.2) is 9.97 Å². The molecule has 0 aliphatic carbocycles. The number of nitrogen functional groups attached to an aromatic ring is 1. The summed E-state index contributed by atoms with van der Waals surface area (Å²) in [7, 11) is 1.66. The van der Waals surface area contributed by atoms with Gasteiger partial charge in [0, 0.05) is 22.7 Å². The van der Waals surface area contributed by atoms with Crippen LogP contribution in [0.1, 0.15) is 0 Å². The van der Waals surface area contributed by atoms with E-state index in [4.69, 9.17) is 10.5 Å². The predicted molar refractivity (Wildman–Crippen MR) is 99.2 cm³/mol. The monoisotopic (exact) mass is 328 g/mol. The van der Waals surface area contributed by atoms with E-state index in [-0.39, 0.29) is 0 Å². The Kier molecular flexibility index (Phi) is 3.74. The molecule has 2 aromatic heterocycles. The van der Waals surface area contributed by atoms with E-state index in [0.717, 1.165) is 39.0 Å². The summed E-state index contributed by atoms with van der Waals surface area (Å²) >= 11 is 0. The largest absolute Gasteiger partial charge is 0.497 e. The molecule has 0 spiro atoms. The molecule has 0 amide bonds. The number of ether oxygens (including phenoxy) is 1. The molecule has 25 heavy (non-hydrogen) atoms. The van der Waals surface area contributed by atoms with Crippen molar-refractivity contribution in [3.8, 4) is 28.1 Å². The third kappa shape index (κ3) is 2.76. The van der Waals surface area contributed by atoms with Gasteiger partial charge in [-0.2, -0.15) is 0 Å². The molecule has 122 valence electrons. The molecular weight excluding hydrogens is 312 g/mol. The fourth-order valence-corrected chi connectivity index (χ4v) is 2.88. The SMILES string of the molecule is COc1cccc(-c2ncccc2-c2ccc3ncnc(N)c3c2)c1. The Morgan fingerprint density at radius 1 is 0.880 bits per heavy atom. The highest BCUT2D eigenvalue weighted by atomic mass is 16.5. The van der Waals surface area contributed by atoms with Crippen LogP contribution in [-0.2, 0) is 0 Å². The number of nitrogens with two attached hydrogens (primary N) is 1. The van der Waals surface area contributed by atoms with Gasteiger partial charge in [0.25, 0.3) is 0 Å². The highest BCUT2D eigenvalue weighted by Gasteiger charge is 2.11. The number of fused-ring (bicyclic) bond motifs is 1. The van der Waals surface area contributed by atoms with E-state index in [1.807, 2.05) is 54.6 Å². The molecule has 0 atom stereocenters. The van der Waals surface area contributed by atoms with Gasteiger partial charge in [0.15, 0.2) is 0 Å². The molecule has 5 heteroatoms. The zero-order chi connectivity index (χ0) is 17.2. The molecule has 2 N–H and O–H groups in total. The topological polar surface area (TPSA) is 73.9 Å². The second-order valence-corrected chi connectivity index (χ2v) is 5.62. The van der Waals surface area contributed by atoms with Gasteiger partial charge in [0.1, 0.15) is 17.9 Å². The van der Waals surface area contributed by atoms with Crippen LogP contribution in [0.4, 0.5) is 5.82 Å². The van der Waals surface area contributed by atoms with Crippen molar-refractivity contribution in [3.63, 3.8) is 0 Å². The van der Waals surface area contributed by atoms with Gasteiger partial charge in [-0.15, -0.1) is 0 Å². The third-order valence-electron chi connectivity index (χ3n) is 4.13. The number of hydrogen-bond acceptors (Lipinski definition) is 5. The van der Waals surface area contributed by atoms with Gasteiger partial charge in [-0.3, -0.25) is 4.98 Å². The third-order valence-corrected chi connectivity index (χ3v) is 4.13. The van der Waals surface area contributed by atoms with Crippen molar-refractivity contribution >= 4 is 16.7 Å². The van der Waals surface area contributed by atoms with E-state index in [1.54, 1.807) is 13.3 Å². The summed E-state index contributed by atoms with van der Waals surface area (Å²) in [6.45, 7) is 0. The molecule has 2 heterocycles. The first-order valence-electron chi connectivity index (χ1n) is 7.86. The van der Waals surface area contributed by atoms with Crippen molar-refractivity contribution in [2.45, 2.75) is 0 Å². The molecular formula is C20H16N4O. The molecule has 4 aromatic rings. The number of methoxy groups -OCH3 is 1. The summed E-state index contributed by atoms with van der Waals surface area (Å²) in [5, 5.41) is 0.834. The molecule has 0 aliphatic rings. The van der Waals surface area contributed by atoms with Crippen molar-refractivity contribution in [1.29, 1.82) is 0 Å². The van der Waals surface area contributed by atoms with Gasteiger partial charge in [-0.1, -0.05) is 24.3 Å². The Balaban J connectivity index is 1.90. The standard InChI is InChI=1S/C20H16N4O/c1-25-15-5-2-4-14(10-15)19-16(6-3-9-22-19)13-7-8-18-17(11-13)20(21)24-12-23-18/h2-12H,1H3,(H2,21,23,24). The van der Waals surface area contributed by atoms with Gasteiger partial charge < -0.3 is 10.5 Å². The first-order valence-corrected chi connectivity index (χ1v) is 7.86. The molecule has 0 saturated carbocycles. The van der Waals surface area contributed by atoms with E-state index in [2.05, 4.69) is 15.0 Å². The molecule has 0 bridgehead atoms.